The summed E-state index contributed by atoms with van der Waals surface area (Å²) in [6.07, 6.45) is 9.39. The standard InChI is InChI=1S/C17H22N2OS/c21-15-13-9-20-2-1-14(13)18-16(19-15)17-6-10-3-11(7-17)5-12(4-10)8-17/h10-12H,1-9H2,(H,18,19,21). The summed E-state index contributed by atoms with van der Waals surface area (Å²) in [4.78, 5) is 8.56. The van der Waals surface area contributed by atoms with Crippen molar-refractivity contribution in [3.8, 4) is 0 Å². The van der Waals surface area contributed by atoms with Gasteiger partial charge in [0, 0.05) is 23.1 Å². The SMILES string of the molecule is S=c1nc(C23CC4CC(CC(C4)C2)C3)[nH]c2c1COCC2. The van der Waals surface area contributed by atoms with Crippen LogP contribution in [0.2, 0.25) is 0 Å². The van der Waals surface area contributed by atoms with Crippen molar-refractivity contribution in [2.75, 3.05) is 6.61 Å². The average Bonchev–Trinajstić information content (AvgIpc) is 2.46. The molecule has 1 aromatic heterocycles. The fraction of sp³-hybridized carbons (Fsp3) is 0.765. The van der Waals surface area contributed by atoms with Crippen LogP contribution in [0.25, 0.3) is 0 Å². The maximum Gasteiger partial charge on any atom is 0.135 e. The molecule has 6 rings (SSSR count). The summed E-state index contributed by atoms with van der Waals surface area (Å²) in [5.74, 6) is 4.05. The molecule has 0 aromatic carbocycles. The summed E-state index contributed by atoms with van der Waals surface area (Å²) >= 11 is 5.57. The lowest BCUT2D eigenvalue weighted by atomic mass is 9.49. The van der Waals surface area contributed by atoms with Crippen LogP contribution in [0.1, 0.15) is 55.6 Å². The Kier molecular flexibility index (Phi) is 2.67. The lowest BCUT2D eigenvalue weighted by molar-refractivity contribution is -0.00979. The molecule has 4 aliphatic carbocycles. The van der Waals surface area contributed by atoms with Crippen LogP contribution >= 0.6 is 12.2 Å². The molecule has 0 atom stereocenters. The van der Waals surface area contributed by atoms with Crippen molar-refractivity contribution in [1.82, 2.24) is 9.97 Å². The minimum absolute atomic E-state index is 0.315. The molecular formula is C17H22N2OS. The molecule has 3 nitrogen and oxygen atoms in total. The number of aromatic amines is 1. The molecule has 21 heavy (non-hydrogen) atoms. The zero-order chi connectivity index (χ0) is 14.0. The highest BCUT2D eigenvalue weighted by Gasteiger charge is 2.53. The smallest absolute Gasteiger partial charge is 0.135 e. The van der Waals surface area contributed by atoms with E-state index in [1.807, 2.05) is 0 Å². The van der Waals surface area contributed by atoms with Crippen LogP contribution in [-0.4, -0.2) is 16.6 Å². The summed E-state index contributed by atoms with van der Waals surface area (Å²) < 4.78 is 6.33. The molecule has 2 heterocycles. The van der Waals surface area contributed by atoms with Crippen LogP contribution in [0.4, 0.5) is 0 Å². The molecule has 1 aromatic rings. The second kappa shape index (κ2) is 4.39. The van der Waals surface area contributed by atoms with Gasteiger partial charge in [0.1, 0.15) is 10.5 Å². The van der Waals surface area contributed by atoms with E-state index in [1.54, 1.807) is 0 Å². The molecule has 0 radical (unpaired) electrons. The molecule has 1 N–H and O–H groups in total. The predicted octanol–water partition coefficient (Wildman–Crippen LogP) is 3.68. The molecule has 4 saturated carbocycles. The highest BCUT2D eigenvalue weighted by molar-refractivity contribution is 7.71. The van der Waals surface area contributed by atoms with Gasteiger partial charge < -0.3 is 9.72 Å². The molecule has 0 spiro atoms. The molecule has 112 valence electrons. The van der Waals surface area contributed by atoms with E-state index in [4.69, 9.17) is 21.9 Å². The van der Waals surface area contributed by atoms with Gasteiger partial charge in [-0.15, -0.1) is 0 Å². The van der Waals surface area contributed by atoms with Crippen molar-refractivity contribution in [3.05, 3.63) is 21.7 Å². The molecule has 0 unspecified atom stereocenters. The van der Waals surface area contributed by atoms with Crippen LogP contribution in [-0.2, 0) is 23.2 Å². The molecule has 0 amide bonds. The van der Waals surface area contributed by atoms with E-state index < -0.39 is 0 Å². The Morgan fingerprint density at radius 3 is 2.43 bits per heavy atom. The number of rotatable bonds is 1. The minimum Gasteiger partial charge on any atom is -0.376 e. The normalized spacial score (nSPS) is 40.3. The fourth-order valence-corrected chi connectivity index (χ4v) is 6.18. The minimum atomic E-state index is 0.315. The van der Waals surface area contributed by atoms with E-state index in [9.17, 15) is 0 Å². The number of fused-ring (bicyclic) bond motifs is 1. The van der Waals surface area contributed by atoms with Gasteiger partial charge in [-0.25, -0.2) is 4.98 Å². The number of hydrogen-bond donors (Lipinski definition) is 1. The maximum atomic E-state index is 5.57. The van der Waals surface area contributed by atoms with Crippen LogP contribution in [0, 0.1) is 22.4 Å². The van der Waals surface area contributed by atoms with E-state index in [0.717, 1.165) is 41.0 Å². The van der Waals surface area contributed by atoms with Gasteiger partial charge in [-0.05, 0) is 56.3 Å². The van der Waals surface area contributed by atoms with Crippen molar-refractivity contribution < 1.29 is 4.74 Å². The average molecular weight is 302 g/mol. The summed E-state index contributed by atoms with van der Waals surface area (Å²) in [5.41, 5.74) is 2.74. The van der Waals surface area contributed by atoms with Crippen molar-refractivity contribution in [3.63, 3.8) is 0 Å². The molecule has 1 aliphatic heterocycles. The van der Waals surface area contributed by atoms with Gasteiger partial charge in [0.25, 0.3) is 0 Å². The van der Waals surface area contributed by atoms with E-state index in [0.29, 0.717) is 12.0 Å². The number of nitrogens with one attached hydrogen (secondary N) is 1. The van der Waals surface area contributed by atoms with Gasteiger partial charge in [0.2, 0.25) is 0 Å². The van der Waals surface area contributed by atoms with E-state index in [-0.39, 0.29) is 0 Å². The highest BCUT2D eigenvalue weighted by atomic mass is 32.1. The first-order valence-corrected chi connectivity index (χ1v) is 8.83. The van der Waals surface area contributed by atoms with Crippen LogP contribution in [0.5, 0.6) is 0 Å². The molecule has 0 saturated heterocycles. The fourth-order valence-electron chi connectivity index (χ4n) is 5.91. The second-order valence-electron chi connectivity index (χ2n) is 7.85. The summed E-state index contributed by atoms with van der Waals surface area (Å²) in [7, 11) is 0. The lowest BCUT2D eigenvalue weighted by Crippen LogP contribution is -2.49. The third kappa shape index (κ3) is 1.88. The first-order chi connectivity index (χ1) is 10.2. The predicted molar refractivity (Wildman–Crippen MR) is 82.6 cm³/mol. The number of H-pyrrole nitrogens is 1. The summed E-state index contributed by atoms with van der Waals surface area (Å²) in [6, 6.07) is 0. The number of aromatic nitrogens is 2. The zero-order valence-electron chi connectivity index (χ0n) is 12.4. The Balaban J connectivity index is 1.61. The van der Waals surface area contributed by atoms with Crippen LogP contribution < -0.4 is 0 Å². The zero-order valence-corrected chi connectivity index (χ0v) is 13.2. The summed E-state index contributed by atoms with van der Waals surface area (Å²) in [5, 5.41) is 0. The Bertz CT molecular complexity index is 615. The van der Waals surface area contributed by atoms with E-state index >= 15 is 0 Å². The monoisotopic (exact) mass is 302 g/mol. The number of nitrogens with zero attached hydrogens (tertiary/aromatic N) is 1. The quantitative estimate of drug-likeness (QED) is 0.804. The third-order valence-electron chi connectivity index (χ3n) is 6.39. The van der Waals surface area contributed by atoms with Crippen LogP contribution in [0.15, 0.2) is 0 Å². The Morgan fingerprint density at radius 2 is 1.76 bits per heavy atom. The van der Waals surface area contributed by atoms with Gasteiger partial charge in [-0.1, -0.05) is 12.2 Å². The summed E-state index contributed by atoms with van der Waals surface area (Å²) in [6.45, 7) is 1.45. The Labute approximate surface area is 130 Å². The van der Waals surface area contributed by atoms with Crippen molar-refractivity contribution >= 4 is 12.2 Å². The van der Waals surface area contributed by atoms with Crippen molar-refractivity contribution in [2.24, 2.45) is 17.8 Å². The molecule has 4 heteroatoms. The Hall–Kier alpha value is -0.740. The first-order valence-electron chi connectivity index (χ1n) is 8.42. The molecule has 5 aliphatic rings. The van der Waals surface area contributed by atoms with Gasteiger partial charge in [0.15, 0.2) is 0 Å². The number of ether oxygens (including phenoxy) is 1. The topological polar surface area (TPSA) is 37.9 Å². The molecule has 4 fully saturated rings. The molecular weight excluding hydrogens is 280 g/mol. The second-order valence-corrected chi connectivity index (χ2v) is 8.23. The molecule has 4 bridgehead atoms. The van der Waals surface area contributed by atoms with Crippen molar-refractivity contribution in [1.29, 1.82) is 0 Å². The van der Waals surface area contributed by atoms with Crippen LogP contribution in [0.3, 0.4) is 0 Å². The van der Waals surface area contributed by atoms with E-state index in [1.165, 1.54) is 50.0 Å². The van der Waals surface area contributed by atoms with E-state index in [2.05, 4.69) is 4.98 Å². The van der Waals surface area contributed by atoms with Gasteiger partial charge >= 0.3 is 0 Å². The lowest BCUT2D eigenvalue weighted by Gasteiger charge is -2.56. The maximum absolute atomic E-state index is 5.57. The third-order valence-corrected chi connectivity index (χ3v) is 6.73. The largest absolute Gasteiger partial charge is 0.376 e. The van der Waals surface area contributed by atoms with Gasteiger partial charge in [-0.2, -0.15) is 0 Å². The number of hydrogen-bond acceptors (Lipinski definition) is 3. The van der Waals surface area contributed by atoms with Gasteiger partial charge in [0.05, 0.1) is 13.2 Å². The van der Waals surface area contributed by atoms with Crippen molar-refractivity contribution in [2.45, 2.75) is 57.0 Å². The highest BCUT2D eigenvalue weighted by Crippen LogP contribution is 2.60. The Morgan fingerprint density at radius 1 is 1.10 bits per heavy atom. The first kappa shape index (κ1) is 12.8. The van der Waals surface area contributed by atoms with Gasteiger partial charge in [-0.3, -0.25) is 0 Å².